The second kappa shape index (κ2) is 5.73. The summed E-state index contributed by atoms with van der Waals surface area (Å²) in [5, 5.41) is 16.1. The first-order valence-corrected chi connectivity index (χ1v) is 6.76. The molecule has 1 amide bonds. The third-order valence-corrected chi connectivity index (χ3v) is 3.36. The molecule has 0 saturated carbocycles. The molecule has 3 aromatic rings. The first-order valence-electron chi connectivity index (χ1n) is 6.76. The van der Waals surface area contributed by atoms with Crippen LogP contribution in [0.2, 0.25) is 0 Å². The van der Waals surface area contributed by atoms with Gasteiger partial charge in [-0.2, -0.15) is 10.4 Å². The average Bonchev–Trinajstić information content (AvgIpc) is 2.90. The zero-order chi connectivity index (χ0) is 16.4. The molecule has 0 aliphatic heterocycles. The van der Waals surface area contributed by atoms with Crippen LogP contribution in [0.25, 0.3) is 10.9 Å². The molecule has 114 valence electrons. The van der Waals surface area contributed by atoms with Crippen LogP contribution in [-0.2, 0) is 18.4 Å². The molecule has 0 aliphatic carbocycles. The van der Waals surface area contributed by atoms with Crippen LogP contribution < -0.4 is 10.7 Å². The van der Waals surface area contributed by atoms with Crippen molar-refractivity contribution in [2.75, 3.05) is 5.32 Å². The van der Waals surface area contributed by atoms with Gasteiger partial charge >= 0.3 is 0 Å². The van der Waals surface area contributed by atoms with Crippen LogP contribution in [0.4, 0.5) is 5.82 Å². The SMILES string of the molecule is Cn1cnc(C#N)c1NC(=O)Cn1ncc(=O)c2ccccc21. The van der Waals surface area contributed by atoms with Crippen LogP contribution >= 0.6 is 0 Å². The lowest BCUT2D eigenvalue weighted by molar-refractivity contribution is -0.116. The summed E-state index contributed by atoms with van der Waals surface area (Å²) in [7, 11) is 1.68. The number of anilines is 1. The van der Waals surface area contributed by atoms with E-state index in [4.69, 9.17) is 5.26 Å². The number of rotatable bonds is 3. The van der Waals surface area contributed by atoms with Gasteiger partial charge in [0.2, 0.25) is 11.3 Å². The van der Waals surface area contributed by atoms with Gasteiger partial charge in [0.25, 0.3) is 0 Å². The molecule has 2 heterocycles. The number of imidazole rings is 1. The predicted octanol–water partition coefficient (Wildman–Crippen LogP) is 0.640. The van der Waals surface area contributed by atoms with Crippen molar-refractivity contribution in [1.82, 2.24) is 19.3 Å². The summed E-state index contributed by atoms with van der Waals surface area (Å²) in [6.07, 6.45) is 2.63. The van der Waals surface area contributed by atoms with Gasteiger partial charge in [0.1, 0.15) is 12.6 Å². The summed E-state index contributed by atoms with van der Waals surface area (Å²) in [6, 6.07) is 8.84. The molecule has 3 rings (SSSR count). The Morgan fingerprint density at radius 3 is 2.96 bits per heavy atom. The number of hydrogen-bond donors (Lipinski definition) is 1. The van der Waals surface area contributed by atoms with Crippen molar-refractivity contribution in [2.24, 2.45) is 7.05 Å². The van der Waals surface area contributed by atoms with Gasteiger partial charge in [-0.05, 0) is 12.1 Å². The molecule has 23 heavy (non-hydrogen) atoms. The van der Waals surface area contributed by atoms with E-state index in [-0.39, 0.29) is 23.6 Å². The van der Waals surface area contributed by atoms with Gasteiger partial charge in [0.15, 0.2) is 11.5 Å². The number of nitrogens with one attached hydrogen (secondary N) is 1. The highest BCUT2D eigenvalue weighted by molar-refractivity contribution is 5.91. The molecule has 8 nitrogen and oxygen atoms in total. The van der Waals surface area contributed by atoms with E-state index in [1.807, 2.05) is 6.07 Å². The number of carbonyl (C=O) groups excluding carboxylic acids is 1. The van der Waals surface area contributed by atoms with E-state index >= 15 is 0 Å². The monoisotopic (exact) mass is 308 g/mol. The fourth-order valence-electron chi connectivity index (χ4n) is 2.25. The van der Waals surface area contributed by atoms with Crippen molar-refractivity contribution in [3.05, 3.63) is 52.7 Å². The van der Waals surface area contributed by atoms with E-state index in [2.05, 4.69) is 15.4 Å². The third kappa shape index (κ3) is 2.67. The van der Waals surface area contributed by atoms with Crippen LogP contribution in [0.5, 0.6) is 0 Å². The number of aromatic nitrogens is 4. The Balaban J connectivity index is 1.90. The zero-order valence-electron chi connectivity index (χ0n) is 12.2. The molecule has 0 spiro atoms. The van der Waals surface area contributed by atoms with Gasteiger partial charge in [-0.1, -0.05) is 12.1 Å². The smallest absolute Gasteiger partial charge is 0.247 e. The Morgan fingerprint density at radius 2 is 2.17 bits per heavy atom. The maximum absolute atomic E-state index is 12.2. The fraction of sp³-hybridized carbons (Fsp3) is 0.133. The number of nitrogens with zero attached hydrogens (tertiary/aromatic N) is 5. The minimum absolute atomic E-state index is 0.0865. The Hall–Kier alpha value is -3.47. The van der Waals surface area contributed by atoms with E-state index in [9.17, 15) is 9.59 Å². The lowest BCUT2D eigenvalue weighted by Crippen LogP contribution is -2.23. The number of para-hydroxylation sites is 1. The lowest BCUT2D eigenvalue weighted by Gasteiger charge is -2.10. The van der Waals surface area contributed by atoms with E-state index in [0.717, 1.165) is 0 Å². The van der Waals surface area contributed by atoms with Gasteiger partial charge in [-0.15, -0.1) is 0 Å². The van der Waals surface area contributed by atoms with Crippen molar-refractivity contribution in [2.45, 2.75) is 6.54 Å². The van der Waals surface area contributed by atoms with Crippen molar-refractivity contribution in [3.63, 3.8) is 0 Å². The molecule has 0 fully saturated rings. The molecular formula is C15H12N6O2. The normalized spacial score (nSPS) is 10.4. The van der Waals surface area contributed by atoms with Crippen LogP contribution in [0.3, 0.4) is 0 Å². The number of benzene rings is 1. The molecule has 1 aromatic carbocycles. The van der Waals surface area contributed by atoms with Gasteiger partial charge in [-0.25, -0.2) is 4.98 Å². The van der Waals surface area contributed by atoms with E-state index < -0.39 is 0 Å². The van der Waals surface area contributed by atoms with Crippen molar-refractivity contribution < 1.29 is 4.79 Å². The largest absolute Gasteiger partial charge is 0.319 e. The van der Waals surface area contributed by atoms with E-state index in [0.29, 0.717) is 16.7 Å². The zero-order valence-corrected chi connectivity index (χ0v) is 12.2. The van der Waals surface area contributed by atoms with Crippen molar-refractivity contribution >= 4 is 22.6 Å². The highest BCUT2D eigenvalue weighted by Gasteiger charge is 2.13. The average molecular weight is 308 g/mol. The quantitative estimate of drug-likeness (QED) is 0.764. The molecule has 0 aliphatic rings. The molecule has 1 N–H and O–H groups in total. The number of hydrogen-bond acceptors (Lipinski definition) is 5. The van der Waals surface area contributed by atoms with Crippen molar-refractivity contribution in [1.29, 1.82) is 5.26 Å². The number of aryl methyl sites for hydroxylation is 1. The minimum Gasteiger partial charge on any atom is -0.319 e. The van der Waals surface area contributed by atoms with Crippen LogP contribution in [0, 0.1) is 11.3 Å². The van der Waals surface area contributed by atoms with Crippen LogP contribution in [0.15, 0.2) is 41.6 Å². The van der Waals surface area contributed by atoms with Gasteiger partial charge in [-0.3, -0.25) is 14.3 Å². The first-order chi connectivity index (χ1) is 11.1. The highest BCUT2D eigenvalue weighted by Crippen LogP contribution is 2.12. The molecule has 0 saturated heterocycles. The van der Waals surface area contributed by atoms with Crippen LogP contribution in [-0.4, -0.2) is 25.2 Å². The second-order valence-electron chi connectivity index (χ2n) is 4.90. The summed E-state index contributed by atoms with van der Waals surface area (Å²) < 4.78 is 2.99. The first kappa shape index (κ1) is 14.5. The lowest BCUT2D eigenvalue weighted by atomic mass is 10.2. The highest BCUT2D eigenvalue weighted by atomic mass is 16.2. The van der Waals surface area contributed by atoms with E-state index in [1.165, 1.54) is 17.2 Å². The van der Waals surface area contributed by atoms with Gasteiger partial charge in [0, 0.05) is 12.4 Å². The number of carbonyl (C=O) groups is 1. The number of nitriles is 1. The summed E-state index contributed by atoms with van der Waals surface area (Å²) >= 11 is 0. The molecule has 0 unspecified atom stereocenters. The molecule has 0 atom stereocenters. The fourth-order valence-corrected chi connectivity index (χ4v) is 2.25. The molecular weight excluding hydrogens is 296 g/mol. The predicted molar refractivity (Wildman–Crippen MR) is 82.6 cm³/mol. The third-order valence-electron chi connectivity index (χ3n) is 3.36. The standard InChI is InChI=1S/C15H12N6O2/c1-20-9-17-11(6-16)15(20)19-14(23)8-21-12-5-3-2-4-10(12)13(22)7-18-21/h2-5,7,9H,8H2,1H3,(H,19,23). The van der Waals surface area contributed by atoms with Crippen molar-refractivity contribution in [3.8, 4) is 6.07 Å². The number of amides is 1. The summed E-state index contributed by atoms with van der Waals surface area (Å²) in [6.45, 7) is -0.0865. The Morgan fingerprint density at radius 1 is 1.39 bits per heavy atom. The van der Waals surface area contributed by atoms with Gasteiger partial charge < -0.3 is 9.88 Å². The van der Waals surface area contributed by atoms with E-state index in [1.54, 1.807) is 35.9 Å². The Bertz CT molecular complexity index is 995. The summed E-state index contributed by atoms with van der Waals surface area (Å²) in [5.41, 5.74) is 0.509. The molecule has 0 radical (unpaired) electrons. The van der Waals surface area contributed by atoms with Crippen LogP contribution in [0.1, 0.15) is 5.69 Å². The summed E-state index contributed by atoms with van der Waals surface area (Å²) in [4.78, 5) is 27.9. The maximum atomic E-state index is 12.2. The second-order valence-corrected chi connectivity index (χ2v) is 4.90. The Labute approximate surface area is 130 Å². The number of fused-ring (bicyclic) bond motifs is 1. The molecule has 0 bridgehead atoms. The topological polar surface area (TPSA) is 106 Å². The summed E-state index contributed by atoms with van der Waals surface area (Å²) in [5.74, 6) is -0.0470. The minimum atomic E-state index is -0.369. The van der Waals surface area contributed by atoms with Gasteiger partial charge in [0.05, 0.1) is 18.0 Å². The Kier molecular flexibility index (Phi) is 3.60. The maximum Gasteiger partial charge on any atom is 0.247 e. The molecule has 8 heteroatoms. The molecule has 2 aromatic heterocycles.